The summed E-state index contributed by atoms with van der Waals surface area (Å²) in [4.78, 5) is 125. The maximum absolute atomic E-state index is 13.2. The van der Waals surface area contributed by atoms with Gasteiger partial charge in [-0.25, -0.2) is 24.7 Å². The number of carbonyl (C=O) groups excluding carboxylic acids is 9. The van der Waals surface area contributed by atoms with E-state index in [2.05, 4.69) is 32.0 Å². The van der Waals surface area contributed by atoms with Crippen molar-refractivity contribution in [2.24, 2.45) is 16.6 Å². The minimum atomic E-state index is -5.19. The molecule has 0 aliphatic heterocycles. The number of halogens is 3. The Balaban J connectivity index is 0.00000394. The summed E-state index contributed by atoms with van der Waals surface area (Å²) < 4.78 is 52.9. The molecular weight excluding hydrogens is 1030 g/mol. The van der Waals surface area contributed by atoms with Crippen LogP contribution in [0.2, 0.25) is 0 Å². The van der Waals surface area contributed by atoms with Gasteiger partial charge in [0.1, 0.15) is 43.2 Å². The summed E-state index contributed by atoms with van der Waals surface area (Å²) in [5.74, 6) is -7.93. The van der Waals surface area contributed by atoms with E-state index < -0.39 is 101 Å². The van der Waals surface area contributed by atoms with E-state index in [1.54, 1.807) is 19.3 Å². The number of carbonyl (C=O) groups is 9. The Morgan fingerprint density at radius 3 is 1.79 bits per heavy atom. The van der Waals surface area contributed by atoms with Crippen molar-refractivity contribution in [1.29, 1.82) is 0 Å². The highest BCUT2D eigenvalue weighted by atomic mass is 19.4. The van der Waals surface area contributed by atoms with E-state index >= 15 is 0 Å². The number of carboxylic acids is 1. The number of unbranched alkanes of at least 4 members (excludes halogenated alkanes) is 1. The third-order valence-corrected chi connectivity index (χ3v) is 10.4. The van der Waals surface area contributed by atoms with Crippen LogP contribution in [0.4, 0.5) is 18.0 Å². The molecule has 0 aromatic heterocycles. The zero-order valence-corrected chi connectivity index (χ0v) is 43.6. The molecule has 2 aromatic rings. The van der Waals surface area contributed by atoms with Crippen molar-refractivity contribution in [2.75, 3.05) is 13.1 Å². The number of nitro groups is 1. The maximum Gasteiger partial charge on any atom is 0.430 e. The molecule has 0 saturated heterocycles. The number of aliphatic carboxylic acids is 1. The lowest BCUT2D eigenvalue weighted by molar-refractivity contribution is -0.525. The number of nitrogens with zero attached hydrogens (tertiary/aromatic N) is 2. The number of nitrogens with one attached hydrogen (secondary N) is 5. The van der Waals surface area contributed by atoms with Crippen molar-refractivity contribution in [2.45, 2.75) is 155 Å². The quantitative estimate of drug-likeness (QED) is 0.0103. The van der Waals surface area contributed by atoms with Gasteiger partial charge in [-0.05, 0) is 65.0 Å². The van der Waals surface area contributed by atoms with Gasteiger partial charge in [0.25, 0.3) is 11.9 Å². The molecule has 0 fully saturated rings. The second-order valence-corrected chi connectivity index (χ2v) is 17.8. The topological polar surface area (TPSA) is 383 Å². The van der Waals surface area contributed by atoms with Gasteiger partial charge in [-0.3, -0.25) is 28.8 Å². The van der Waals surface area contributed by atoms with Gasteiger partial charge < -0.3 is 61.6 Å². The number of aliphatic imine (C=N–C) groups is 1. The van der Waals surface area contributed by atoms with E-state index in [1.165, 1.54) is 20.8 Å². The first-order valence-electron chi connectivity index (χ1n) is 24.4. The molecule has 0 aliphatic rings. The fourth-order valence-electron chi connectivity index (χ4n) is 6.72. The number of nitrogens with two attached hydrogens (primary N) is 1. The van der Waals surface area contributed by atoms with Crippen LogP contribution >= 0.6 is 0 Å². The highest BCUT2D eigenvalue weighted by Crippen LogP contribution is 2.19. The number of hydrogen-bond donors (Lipinski definition) is 7. The summed E-state index contributed by atoms with van der Waals surface area (Å²) >= 11 is 0. The van der Waals surface area contributed by atoms with Crippen LogP contribution in [-0.4, -0.2) is 120 Å². The summed E-state index contributed by atoms with van der Waals surface area (Å²) in [6.45, 7) is 8.22. The van der Waals surface area contributed by atoms with Crippen LogP contribution in [0, 0.1) is 16.0 Å². The molecule has 28 heteroatoms. The molecule has 0 heterocycles. The predicted molar refractivity (Wildman–Crippen MR) is 264 cm³/mol. The number of hydrazine groups is 1. The molecule has 10 N–H and O–H groups in total. The van der Waals surface area contributed by atoms with E-state index in [0.29, 0.717) is 32.2 Å². The molecular formula is C49H70F3N9O16. The van der Waals surface area contributed by atoms with Gasteiger partial charge in [0.05, 0.1) is 18.8 Å². The van der Waals surface area contributed by atoms with Crippen LogP contribution in [0.15, 0.2) is 65.7 Å². The molecule has 0 bridgehead atoms. The van der Waals surface area contributed by atoms with Crippen LogP contribution in [0.3, 0.4) is 0 Å². The summed E-state index contributed by atoms with van der Waals surface area (Å²) in [6.07, 6.45) is -6.44. The van der Waals surface area contributed by atoms with E-state index in [9.17, 15) is 61.6 Å². The van der Waals surface area contributed by atoms with Crippen molar-refractivity contribution in [3.63, 3.8) is 0 Å². The molecule has 2 rings (SSSR count). The molecule has 7 atom stereocenters. The third kappa shape index (κ3) is 32.9. The molecule has 77 heavy (non-hydrogen) atoms. The number of hydrogen-bond acceptors (Lipinski definition) is 17. The summed E-state index contributed by atoms with van der Waals surface area (Å²) in [5.41, 5.74) is 12.4. The van der Waals surface area contributed by atoms with E-state index in [0.717, 1.165) is 11.1 Å². The Hall–Kier alpha value is -7.91. The number of rotatable bonds is 32. The largest absolute Gasteiger partial charge is 0.542 e. The average Bonchev–Trinajstić information content (AvgIpc) is 3.33. The Morgan fingerprint density at radius 1 is 0.701 bits per heavy atom. The average molecular weight is 1100 g/mol. The monoisotopic (exact) mass is 1100 g/mol. The van der Waals surface area contributed by atoms with Crippen LogP contribution < -0.4 is 43.3 Å². The molecule has 0 unspecified atom stereocenters. The van der Waals surface area contributed by atoms with Gasteiger partial charge >= 0.3 is 30.2 Å². The van der Waals surface area contributed by atoms with Crippen molar-refractivity contribution in [3.8, 4) is 0 Å². The SMILES string of the molecule is C[C@H](CC(=O)N[C@@H](C)CC(=O)N[C@@H](C)CC(=O)C[C@@H](CCCCNC(=O)OCc1ccccc1)C(=O)OCc1ccccc1)OC(=O)C[C@@H](C)OC(=O)[C@H](C)NC(=O)[C@@H]([NH3+])CCCN=C(N)N[N+](=O)[O-].O=C([O-])C(F)(F)F. The molecule has 0 radical (unpaired) electrons. The van der Waals surface area contributed by atoms with Crippen LogP contribution in [0.25, 0.3) is 0 Å². The number of Topliss-reactive ketones (excluding diaryl/α,β-unsaturated/α-hetero) is 1. The molecule has 0 saturated carbocycles. The molecule has 2 aromatic carbocycles. The molecule has 25 nitrogen and oxygen atoms in total. The molecule has 0 spiro atoms. The first-order valence-corrected chi connectivity index (χ1v) is 24.4. The second-order valence-electron chi connectivity index (χ2n) is 17.8. The van der Waals surface area contributed by atoms with Gasteiger partial charge in [-0.15, -0.1) is 0 Å². The number of quaternary nitrogens is 1. The van der Waals surface area contributed by atoms with Gasteiger partial charge in [0, 0.05) is 50.9 Å². The van der Waals surface area contributed by atoms with Crippen molar-refractivity contribution in [1.82, 2.24) is 26.7 Å². The predicted octanol–water partition coefficient (Wildman–Crippen LogP) is 1.13. The zero-order valence-electron chi connectivity index (χ0n) is 43.6. The number of guanidine groups is 1. The molecule has 4 amide bonds. The van der Waals surface area contributed by atoms with Crippen LogP contribution in [0.5, 0.6) is 0 Å². The number of amides is 4. The summed E-state index contributed by atoms with van der Waals surface area (Å²) in [6, 6.07) is 15.3. The summed E-state index contributed by atoms with van der Waals surface area (Å²) in [7, 11) is 0. The number of ketones is 1. The van der Waals surface area contributed by atoms with Crippen LogP contribution in [-0.2, 0) is 70.5 Å². The third-order valence-electron chi connectivity index (χ3n) is 10.4. The van der Waals surface area contributed by atoms with Crippen molar-refractivity contribution < 1.29 is 91.1 Å². The van der Waals surface area contributed by atoms with Gasteiger partial charge in [0.2, 0.25) is 11.8 Å². The minimum absolute atomic E-state index is 0.0440. The Morgan fingerprint density at radius 2 is 1.23 bits per heavy atom. The number of benzene rings is 2. The molecule has 428 valence electrons. The number of alkyl carbamates (subject to hydrolysis) is 1. The molecule has 0 aliphatic carbocycles. The number of carboxylic acid groups (broad SMARTS) is 1. The second kappa shape index (κ2) is 36.1. The van der Waals surface area contributed by atoms with Crippen molar-refractivity contribution in [3.05, 3.63) is 81.9 Å². The van der Waals surface area contributed by atoms with E-state index in [1.807, 2.05) is 60.7 Å². The normalized spacial score (nSPS) is 13.9. The lowest BCUT2D eigenvalue weighted by Crippen LogP contribution is -2.68. The summed E-state index contributed by atoms with van der Waals surface area (Å²) in [5, 5.41) is 28.9. The smallest absolute Gasteiger partial charge is 0.430 e. The van der Waals surface area contributed by atoms with E-state index in [4.69, 9.17) is 34.6 Å². The lowest BCUT2D eigenvalue weighted by atomic mass is 9.94. The van der Waals surface area contributed by atoms with E-state index in [-0.39, 0.29) is 70.0 Å². The zero-order chi connectivity index (χ0) is 58.1. The number of alkyl halides is 3. The standard InChI is InChI=1S/C47H69N9O14.C2HF3O2/c1-30(23-38(57)27-37(45(63)67-28-35-15-8-6-9-16-35)19-12-13-21-51-47(64)68-29-36-17-10-7-11-18-36)52-40(58)24-31(2)53-41(59)25-32(3)69-42(60)26-33(4)70-44(62)34(5)54-43(61)39(48)20-14-22-50-46(49)55-56(65)66;3-2(4,5)1(6)7/h6-11,15-18,30-34,37,39H,12-14,19-29,48H2,1-5H3,(H,51,64)(H,52,58)(H,53,59)(H,54,61)(H3,49,50,55);(H,6,7)/t30-,31-,32+,33+,34-,37+,39-;/m0./s1. The maximum atomic E-state index is 13.2. The van der Waals surface area contributed by atoms with Gasteiger partial charge in [0.15, 0.2) is 11.1 Å². The lowest BCUT2D eigenvalue weighted by Gasteiger charge is -2.20. The number of ether oxygens (including phenoxy) is 4. The Bertz CT molecular complexity index is 2260. The Kier molecular flexibility index (Phi) is 31.5. The van der Waals surface area contributed by atoms with Gasteiger partial charge in [-0.1, -0.05) is 72.5 Å². The highest BCUT2D eigenvalue weighted by Gasteiger charge is 2.29. The fraction of sp³-hybridized carbons (Fsp3) is 0.551. The van der Waals surface area contributed by atoms with Crippen LogP contribution in [0.1, 0.15) is 110 Å². The number of esters is 3. The first kappa shape index (κ1) is 67.1. The highest BCUT2D eigenvalue weighted by molar-refractivity contribution is 5.87. The van der Waals surface area contributed by atoms with Gasteiger partial charge in [-0.2, -0.15) is 13.2 Å². The Labute approximate surface area is 442 Å². The van der Waals surface area contributed by atoms with Crippen molar-refractivity contribution >= 4 is 59.4 Å². The minimum Gasteiger partial charge on any atom is -0.542 e. The first-order chi connectivity index (χ1) is 36.1. The fourth-order valence-corrected chi connectivity index (χ4v) is 6.72.